The number of anilines is 2. The molecule has 336 valence electrons. The molecule has 4 aromatic rings. The van der Waals surface area contributed by atoms with Crippen molar-refractivity contribution < 1.29 is 77.7 Å². The molecular formula is C44H40Cl2N2O16. The number of nitrogens with zero attached hydrogens (tertiary/aromatic N) is 2. The van der Waals surface area contributed by atoms with Gasteiger partial charge in [0.15, 0.2) is 5.60 Å². The van der Waals surface area contributed by atoms with E-state index in [2.05, 4.69) is 0 Å². The van der Waals surface area contributed by atoms with E-state index in [0.29, 0.717) is 27.8 Å². The van der Waals surface area contributed by atoms with Crippen LogP contribution in [0.4, 0.5) is 11.4 Å². The van der Waals surface area contributed by atoms with Gasteiger partial charge in [-0.25, -0.2) is 4.79 Å². The first-order chi connectivity index (χ1) is 30.0. The number of fused-ring (bicyclic) bond motifs is 6. The van der Waals surface area contributed by atoms with Crippen molar-refractivity contribution in [3.63, 3.8) is 0 Å². The number of ether oxygens (including phenoxy) is 5. The number of aliphatic carboxylic acids is 4. The Kier molecular flexibility index (Phi) is 13.0. The van der Waals surface area contributed by atoms with Crippen molar-refractivity contribution in [1.29, 1.82) is 0 Å². The molecule has 2 aliphatic rings. The van der Waals surface area contributed by atoms with Crippen molar-refractivity contribution >= 4 is 76.4 Å². The number of rotatable bonds is 17. The molecule has 1 aliphatic carbocycles. The van der Waals surface area contributed by atoms with E-state index < -0.39 is 79.0 Å². The Morgan fingerprint density at radius 3 is 1.45 bits per heavy atom. The SMILES string of the molecule is CC(=O)Oc1cc2c(cc1Cl)C1(OC(=O)c3cc(N(CC(=O)O)CC(=O)O)c(OCCOc4cc(C)ccc4N(CC(=O)O)CC(=O)O)cc31)c1cc(Cl)c(OC(C)=O)cc1C2(C)C. The van der Waals surface area contributed by atoms with E-state index in [1.165, 1.54) is 56.3 Å². The number of esters is 3. The van der Waals surface area contributed by atoms with Gasteiger partial charge in [-0.05, 0) is 72.1 Å². The minimum atomic E-state index is -1.92. The summed E-state index contributed by atoms with van der Waals surface area (Å²) in [5.41, 5.74) is -0.758. The third-order valence-corrected chi connectivity index (χ3v) is 11.0. The minimum absolute atomic E-state index is 0.0125. The summed E-state index contributed by atoms with van der Waals surface area (Å²) in [5.74, 6) is -7.73. The lowest BCUT2D eigenvalue weighted by Gasteiger charge is -2.45. The summed E-state index contributed by atoms with van der Waals surface area (Å²) < 4.78 is 29.6. The summed E-state index contributed by atoms with van der Waals surface area (Å²) in [6.07, 6.45) is 0. The number of carboxylic acid groups (broad SMARTS) is 4. The summed E-state index contributed by atoms with van der Waals surface area (Å²) in [4.78, 5) is 88.2. The molecule has 20 heteroatoms. The number of hydrogen-bond donors (Lipinski definition) is 4. The van der Waals surface area contributed by atoms with Crippen molar-refractivity contribution in [3.05, 3.63) is 104 Å². The number of aryl methyl sites for hydroxylation is 1. The number of carbonyl (C=O) groups is 7. The second-order valence-corrected chi connectivity index (χ2v) is 16.2. The van der Waals surface area contributed by atoms with E-state index >= 15 is 0 Å². The molecule has 18 nitrogen and oxygen atoms in total. The first kappa shape index (κ1) is 46.5. The molecule has 0 saturated carbocycles. The highest BCUT2D eigenvalue weighted by Gasteiger charge is 2.57. The van der Waals surface area contributed by atoms with E-state index in [4.69, 9.17) is 46.9 Å². The van der Waals surface area contributed by atoms with Crippen LogP contribution in [0.1, 0.15) is 71.4 Å². The van der Waals surface area contributed by atoms with Gasteiger partial charge in [-0.1, -0.05) is 43.1 Å². The quantitative estimate of drug-likeness (QED) is 0.0566. The highest BCUT2D eigenvalue weighted by Crippen LogP contribution is 2.60. The van der Waals surface area contributed by atoms with Gasteiger partial charge in [0.25, 0.3) is 0 Å². The van der Waals surface area contributed by atoms with E-state index in [1.54, 1.807) is 19.1 Å². The molecule has 0 bridgehead atoms. The molecule has 0 aromatic heterocycles. The van der Waals surface area contributed by atoms with Crippen LogP contribution in [0, 0.1) is 6.92 Å². The first-order valence-electron chi connectivity index (χ1n) is 19.2. The maximum atomic E-state index is 14.3. The van der Waals surface area contributed by atoms with Gasteiger partial charge >= 0.3 is 41.8 Å². The van der Waals surface area contributed by atoms with Crippen molar-refractivity contribution in [2.24, 2.45) is 0 Å². The number of hydrogen-bond acceptors (Lipinski definition) is 14. The van der Waals surface area contributed by atoms with Gasteiger partial charge in [0.05, 0.1) is 27.0 Å². The first-order valence-corrected chi connectivity index (χ1v) is 20.0. The van der Waals surface area contributed by atoms with E-state index in [1.807, 2.05) is 13.8 Å². The largest absolute Gasteiger partial charge is 0.488 e. The van der Waals surface area contributed by atoms with Crippen molar-refractivity contribution in [1.82, 2.24) is 0 Å². The average molecular weight is 924 g/mol. The Morgan fingerprint density at radius 2 is 1.02 bits per heavy atom. The number of halogens is 2. The van der Waals surface area contributed by atoms with Gasteiger partial charge in [-0.2, -0.15) is 0 Å². The summed E-state index contributed by atoms with van der Waals surface area (Å²) in [5, 5.41) is 38.6. The molecule has 1 spiro atoms. The van der Waals surface area contributed by atoms with E-state index in [9.17, 15) is 54.0 Å². The summed E-state index contributed by atoms with van der Waals surface area (Å²) in [7, 11) is 0. The highest BCUT2D eigenvalue weighted by molar-refractivity contribution is 6.33. The molecule has 1 aliphatic heterocycles. The number of benzene rings is 4. The van der Waals surface area contributed by atoms with Crippen molar-refractivity contribution in [3.8, 4) is 23.0 Å². The van der Waals surface area contributed by atoms with Gasteiger partial charge in [-0.3, -0.25) is 28.8 Å². The van der Waals surface area contributed by atoms with E-state index in [0.717, 1.165) is 9.80 Å². The Morgan fingerprint density at radius 1 is 0.594 bits per heavy atom. The lowest BCUT2D eigenvalue weighted by Crippen LogP contribution is -2.41. The molecule has 0 amide bonds. The molecule has 4 aromatic carbocycles. The van der Waals surface area contributed by atoms with Crippen LogP contribution in [0.3, 0.4) is 0 Å². The maximum absolute atomic E-state index is 14.3. The molecule has 1 heterocycles. The van der Waals surface area contributed by atoms with Crippen LogP contribution in [-0.4, -0.2) is 102 Å². The molecule has 0 atom stereocenters. The predicted octanol–water partition coefficient (Wildman–Crippen LogP) is 5.66. The Hall–Kier alpha value is -7.05. The van der Waals surface area contributed by atoms with Gasteiger partial charge in [0.1, 0.15) is 62.4 Å². The minimum Gasteiger partial charge on any atom is -0.488 e. The zero-order valence-corrected chi connectivity index (χ0v) is 36.3. The Balaban J connectivity index is 1.54. The third-order valence-electron chi connectivity index (χ3n) is 10.4. The van der Waals surface area contributed by atoms with Crippen LogP contribution in [-0.2, 0) is 44.5 Å². The van der Waals surface area contributed by atoms with Gasteiger partial charge < -0.3 is 53.9 Å². The normalized spacial score (nSPS) is 13.7. The molecule has 6 rings (SSSR count). The van der Waals surface area contributed by atoms with Crippen LogP contribution < -0.4 is 28.7 Å². The van der Waals surface area contributed by atoms with Gasteiger partial charge in [0, 0.05) is 36.0 Å². The lowest BCUT2D eigenvalue weighted by atomic mass is 9.61. The lowest BCUT2D eigenvalue weighted by molar-refractivity contribution is -0.138. The summed E-state index contributed by atoms with van der Waals surface area (Å²) >= 11 is 13.5. The average Bonchev–Trinajstić information content (AvgIpc) is 3.46. The van der Waals surface area contributed by atoms with Gasteiger partial charge in [0.2, 0.25) is 0 Å². The maximum Gasteiger partial charge on any atom is 0.340 e. The van der Waals surface area contributed by atoms with Crippen LogP contribution in [0.25, 0.3) is 0 Å². The molecule has 0 radical (unpaired) electrons. The van der Waals surface area contributed by atoms with Crippen molar-refractivity contribution in [2.75, 3.05) is 49.2 Å². The third kappa shape index (κ3) is 9.19. The smallest absolute Gasteiger partial charge is 0.340 e. The standard InChI is InChI=1S/C44H40Cl2N2O16/c1-21-6-7-32(47(17-38(51)52)18-39(53)54)36(10-21)60-8-9-61-37-14-25-24(11-33(37)48(19-40(55)56)20-41(57)58)42(59)64-44(25)28-12-30(45)34(62-22(2)49)15-26(28)43(4,5)27-16-35(63-23(3)50)31(46)13-29(27)44/h6-7,10-16H,8-9,17-20H2,1-5H3,(H,51,52)(H,53,54)(H,55,56)(H,57,58). The topological polar surface area (TPSA) is 253 Å². The summed E-state index contributed by atoms with van der Waals surface area (Å²) in [6, 6.07) is 13.3. The van der Waals surface area contributed by atoms with Crippen LogP contribution in [0.2, 0.25) is 10.0 Å². The van der Waals surface area contributed by atoms with Crippen LogP contribution >= 0.6 is 23.2 Å². The van der Waals surface area contributed by atoms with Crippen LogP contribution in [0.5, 0.6) is 23.0 Å². The molecule has 0 saturated heterocycles. The Bertz CT molecular complexity index is 2540. The summed E-state index contributed by atoms with van der Waals surface area (Å²) in [6.45, 7) is 4.12. The highest BCUT2D eigenvalue weighted by atomic mass is 35.5. The van der Waals surface area contributed by atoms with Crippen molar-refractivity contribution in [2.45, 2.75) is 45.6 Å². The number of carbonyl (C=O) groups excluding carboxylic acids is 3. The van der Waals surface area contributed by atoms with Crippen LogP contribution in [0.15, 0.2) is 54.6 Å². The molecule has 64 heavy (non-hydrogen) atoms. The second kappa shape index (κ2) is 18.0. The molecule has 4 N–H and O–H groups in total. The fraction of sp³-hybridized carbons (Fsp3) is 0.295. The molecular weight excluding hydrogens is 883 g/mol. The predicted molar refractivity (Wildman–Crippen MR) is 227 cm³/mol. The second-order valence-electron chi connectivity index (χ2n) is 15.4. The Labute approximate surface area is 374 Å². The zero-order valence-electron chi connectivity index (χ0n) is 34.8. The molecule has 0 unspecified atom stereocenters. The molecule has 0 fully saturated rings. The fourth-order valence-electron chi connectivity index (χ4n) is 7.93. The number of carboxylic acids is 4. The van der Waals surface area contributed by atoms with Gasteiger partial charge in [-0.15, -0.1) is 0 Å². The monoisotopic (exact) mass is 922 g/mol. The van der Waals surface area contributed by atoms with E-state index in [-0.39, 0.29) is 68.8 Å². The zero-order chi connectivity index (χ0) is 47.0. The fourth-order valence-corrected chi connectivity index (χ4v) is 8.33.